The summed E-state index contributed by atoms with van der Waals surface area (Å²) in [6.07, 6.45) is 0. The van der Waals surface area contributed by atoms with Gasteiger partial charge in [0, 0.05) is 18.8 Å². The Morgan fingerprint density at radius 1 is 1.22 bits per heavy atom. The van der Waals surface area contributed by atoms with Crippen LogP contribution in [0.15, 0.2) is 12.1 Å². The van der Waals surface area contributed by atoms with Gasteiger partial charge in [0.2, 0.25) is 5.88 Å². The highest BCUT2D eigenvalue weighted by Gasteiger charge is 2.12. The molecule has 5 nitrogen and oxygen atoms in total. The van der Waals surface area contributed by atoms with E-state index in [0.29, 0.717) is 5.88 Å². The Morgan fingerprint density at radius 2 is 1.94 bits per heavy atom. The second-order valence-corrected chi connectivity index (χ2v) is 4.28. The summed E-state index contributed by atoms with van der Waals surface area (Å²) in [5.41, 5.74) is 3.37. The summed E-state index contributed by atoms with van der Waals surface area (Å²) in [5.74, 6) is 1.25. The van der Waals surface area contributed by atoms with Gasteiger partial charge in [0.25, 0.3) is 0 Å². The summed E-state index contributed by atoms with van der Waals surface area (Å²) in [7, 11) is 1.88. The molecule has 0 aliphatic heterocycles. The van der Waals surface area contributed by atoms with Crippen LogP contribution in [0.2, 0.25) is 0 Å². The highest BCUT2D eigenvalue weighted by atomic mass is 16.5. The standard InChI is InChI=1S/C13H17N3O2/c1-8-11(7-17)5-6-12(14-8)18-13-9(2)15-16(4)10(13)3/h5-6,17H,7H2,1-4H3. The minimum absolute atomic E-state index is 0.00986. The fourth-order valence-electron chi connectivity index (χ4n) is 1.80. The smallest absolute Gasteiger partial charge is 0.219 e. The van der Waals surface area contributed by atoms with Crippen molar-refractivity contribution < 1.29 is 9.84 Å². The molecule has 2 aromatic heterocycles. The molecule has 0 aliphatic carbocycles. The van der Waals surface area contributed by atoms with Gasteiger partial charge in [-0.25, -0.2) is 4.98 Å². The van der Waals surface area contributed by atoms with Crippen LogP contribution < -0.4 is 4.74 Å². The van der Waals surface area contributed by atoms with Gasteiger partial charge >= 0.3 is 0 Å². The lowest BCUT2D eigenvalue weighted by atomic mass is 10.2. The lowest BCUT2D eigenvalue weighted by molar-refractivity contribution is 0.280. The summed E-state index contributed by atoms with van der Waals surface area (Å²) < 4.78 is 7.54. The fourth-order valence-corrected chi connectivity index (χ4v) is 1.80. The van der Waals surface area contributed by atoms with Crippen LogP contribution in [0.3, 0.4) is 0 Å². The van der Waals surface area contributed by atoms with E-state index >= 15 is 0 Å². The number of hydrogen-bond donors (Lipinski definition) is 1. The molecule has 96 valence electrons. The first-order valence-corrected chi connectivity index (χ1v) is 5.78. The first kappa shape index (κ1) is 12.6. The molecule has 0 aromatic carbocycles. The molecule has 2 rings (SSSR count). The number of pyridine rings is 1. The lowest BCUT2D eigenvalue weighted by Gasteiger charge is -2.07. The third-order valence-corrected chi connectivity index (χ3v) is 2.99. The van der Waals surface area contributed by atoms with Crippen LogP contribution in [0.4, 0.5) is 0 Å². The number of aliphatic hydroxyl groups excluding tert-OH is 1. The number of aryl methyl sites for hydroxylation is 3. The van der Waals surface area contributed by atoms with E-state index in [1.165, 1.54) is 0 Å². The van der Waals surface area contributed by atoms with Crippen LogP contribution in [0.1, 0.15) is 22.6 Å². The first-order valence-electron chi connectivity index (χ1n) is 5.78. The molecule has 0 fully saturated rings. The van der Waals surface area contributed by atoms with E-state index in [-0.39, 0.29) is 6.61 Å². The van der Waals surface area contributed by atoms with Crippen molar-refractivity contribution in [1.29, 1.82) is 0 Å². The van der Waals surface area contributed by atoms with Crippen molar-refractivity contribution in [1.82, 2.24) is 14.8 Å². The fraction of sp³-hybridized carbons (Fsp3) is 0.385. The average Bonchev–Trinajstić information content (AvgIpc) is 2.56. The van der Waals surface area contributed by atoms with E-state index in [9.17, 15) is 0 Å². The number of nitrogens with zero attached hydrogens (tertiary/aromatic N) is 3. The Kier molecular flexibility index (Phi) is 3.34. The van der Waals surface area contributed by atoms with E-state index in [4.69, 9.17) is 9.84 Å². The van der Waals surface area contributed by atoms with Crippen LogP contribution in [-0.2, 0) is 13.7 Å². The molecule has 2 heterocycles. The molecule has 1 N–H and O–H groups in total. The molecule has 0 unspecified atom stereocenters. The maximum atomic E-state index is 9.10. The van der Waals surface area contributed by atoms with Crippen LogP contribution in [-0.4, -0.2) is 19.9 Å². The molecule has 0 radical (unpaired) electrons. The predicted molar refractivity (Wildman–Crippen MR) is 67.7 cm³/mol. The van der Waals surface area contributed by atoms with Crippen molar-refractivity contribution in [2.75, 3.05) is 0 Å². The molecule has 0 spiro atoms. The Bertz CT molecular complexity index is 576. The Morgan fingerprint density at radius 3 is 2.44 bits per heavy atom. The van der Waals surface area contributed by atoms with E-state index in [2.05, 4.69) is 10.1 Å². The second kappa shape index (κ2) is 4.78. The number of rotatable bonds is 3. The Labute approximate surface area is 106 Å². The van der Waals surface area contributed by atoms with Crippen molar-refractivity contribution in [3.8, 4) is 11.6 Å². The van der Waals surface area contributed by atoms with Gasteiger partial charge in [-0.05, 0) is 32.4 Å². The molecule has 5 heteroatoms. The van der Waals surface area contributed by atoms with E-state index in [0.717, 1.165) is 28.4 Å². The van der Waals surface area contributed by atoms with E-state index < -0.39 is 0 Å². The molecule has 18 heavy (non-hydrogen) atoms. The summed E-state index contributed by atoms with van der Waals surface area (Å²) in [5, 5.41) is 13.4. The number of aromatic nitrogens is 3. The zero-order valence-corrected chi connectivity index (χ0v) is 11.1. The monoisotopic (exact) mass is 247 g/mol. The first-order chi connectivity index (χ1) is 8.52. The van der Waals surface area contributed by atoms with Crippen LogP contribution in [0, 0.1) is 20.8 Å². The molecular weight excluding hydrogens is 230 g/mol. The average molecular weight is 247 g/mol. The van der Waals surface area contributed by atoms with Crippen molar-refractivity contribution in [2.24, 2.45) is 7.05 Å². The SMILES string of the molecule is Cc1nc(Oc2c(C)nn(C)c2C)ccc1CO. The van der Waals surface area contributed by atoms with Gasteiger partial charge in [0.05, 0.1) is 12.3 Å². The maximum Gasteiger partial charge on any atom is 0.219 e. The van der Waals surface area contributed by atoms with Gasteiger partial charge in [-0.2, -0.15) is 5.10 Å². The van der Waals surface area contributed by atoms with Crippen LogP contribution in [0.25, 0.3) is 0 Å². The normalized spacial score (nSPS) is 10.7. The van der Waals surface area contributed by atoms with Crippen molar-refractivity contribution in [2.45, 2.75) is 27.4 Å². The molecule has 0 saturated heterocycles. The summed E-state index contributed by atoms with van der Waals surface area (Å²) in [6.45, 7) is 5.69. The topological polar surface area (TPSA) is 60.2 Å². The van der Waals surface area contributed by atoms with E-state index in [1.807, 2.05) is 33.9 Å². The molecule has 0 saturated carbocycles. The third kappa shape index (κ3) is 2.22. The Hall–Kier alpha value is -1.88. The highest BCUT2D eigenvalue weighted by Crippen LogP contribution is 2.27. The predicted octanol–water partition coefficient (Wildman–Crippen LogP) is 2.02. The zero-order valence-electron chi connectivity index (χ0n) is 11.1. The lowest BCUT2D eigenvalue weighted by Crippen LogP contribution is -1.97. The van der Waals surface area contributed by atoms with Gasteiger partial charge in [0.15, 0.2) is 5.75 Å². The number of hydrogen-bond acceptors (Lipinski definition) is 4. The quantitative estimate of drug-likeness (QED) is 0.901. The molecule has 0 atom stereocenters. The molecule has 0 bridgehead atoms. The molecule has 2 aromatic rings. The number of aliphatic hydroxyl groups is 1. The second-order valence-electron chi connectivity index (χ2n) is 4.28. The maximum absolute atomic E-state index is 9.10. The summed E-state index contributed by atoms with van der Waals surface area (Å²) >= 11 is 0. The minimum atomic E-state index is -0.00986. The van der Waals surface area contributed by atoms with Crippen molar-refractivity contribution in [3.63, 3.8) is 0 Å². The molecule has 0 amide bonds. The largest absolute Gasteiger partial charge is 0.435 e. The number of ether oxygens (including phenoxy) is 1. The van der Waals surface area contributed by atoms with Crippen molar-refractivity contribution in [3.05, 3.63) is 34.8 Å². The van der Waals surface area contributed by atoms with Gasteiger partial charge in [-0.1, -0.05) is 0 Å². The van der Waals surface area contributed by atoms with E-state index in [1.54, 1.807) is 10.7 Å². The van der Waals surface area contributed by atoms with Crippen LogP contribution in [0.5, 0.6) is 11.6 Å². The third-order valence-electron chi connectivity index (χ3n) is 2.99. The van der Waals surface area contributed by atoms with Gasteiger partial charge in [-0.3, -0.25) is 4.68 Å². The van der Waals surface area contributed by atoms with Crippen molar-refractivity contribution >= 4 is 0 Å². The Balaban J connectivity index is 2.31. The van der Waals surface area contributed by atoms with Gasteiger partial charge in [0.1, 0.15) is 5.69 Å². The van der Waals surface area contributed by atoms with Crippen LogP contribution >= 0.6 is 0 Å². The molecular formula is C13H17N3O2. The highest BCUT2D eigenvalue weighted by molar-refractivity contribution is 5.36. The summed E-state index contributed by atoms with van der Waals surface area (Å²) in [6, 6.07) is 3.57. The van der Waals surface area contributed by atoms with Gasteiger partial charge < -0.3 is 9.84 Å². The van der Waals surface area contributed by atoms with Gasteiger partial charge in [-0.15, -0.1) is 0 Å². The summed E-state index contributed by atoms with van der Waals surface area (Å²) in [4.78, 5) is 4.31. The zero-order chi connectivity index (χ0) is 13.3. The minimum Gasteiger partial charge on any atom is -0.435 e. The molecule has 0 aliphatic rings.